The standard InChI is InChI=1S/C22H30F3N5O/c1-16(18-5-4-6-19(14-18)22(23,24)25)7-8-27-21(26-3)30-11-9-29(10-12-30)15-20-13-17(2)31-28-20/h4-6,13-14,16H,7-12,15H2,1-3H3,(H,26,27). The molecule has 1 unspecified atom stereocenters. The summed E-state index contributed by atoms with van der Waals surface area (Å²) in [4.78, 5) is 8.91. The van der Waals surface area contributed by atoms with Crippen molar-refractivity contribution in [1.29, 1.82) is 0 Å². The van der Waals surface area contributed by atoms with Crippen LogP contribution in [0, 0.1) is 6.92 Å². The topological polar surface area (TPSA) is 56.9 Å². The van der Waals surface area contributed by atoms with Crippen LogP contribution in [0.3, 0.4) is 0 Å². The molecule has 1 atom stereocenters. The van der Waals surface area contributed by atoms with E-state index in [0.717, 1.165) is 56.2 Å². The van der Waals surface area contributed by atoms with Crippen LogP contribution in [0.1, 0.15) is 41.8 Å². The zero-order valence-corrected chi connectivity index (χ0v) is 18.2. The highest BCUT2D eigenvalue weighted by atomic mass is 19.4. The first-order chi connectivity index (χ1) is 14.8. The highest BCUT2D eigenvalue weighted by Crippen LogP contribution is 2.31. The van der Waals surface area contributed by atoms with Crippen molar-refractivity contribution in [1.82, 2.24) is 20.3 Å². The van der Waals surface area contributed by atoms with Gasteiger partial charge in [-0.25, -0.2) is 0 Å². The van der Waals surface area contributed by atoms with E-state index in [2.05, 4.69) is 25.3 Å². The Labute approximate surface area is 181 Å². The van der Waals surface area contributed by atoms with Crippen LogP contribution >= 0.6 is 0 Å². The summed E-state index contributed by atoms with van der Waals surface area (Å²) in [5.74, 6) is 1.65. The van der Waals surface area contributed by atoms with Gasteiger partial charge in [0, 0.05) is 52.4 Å². The van der Waals surface area contributed by atoms with E-state index in [1.165, 1.54) is 12.1 Å². The molecule has 2 aromatic rings. The van der Waals surface area contributed by atoms with Crippen molar-refractivity contribution < 1.29 is 17.7 Å². The third kappa shape index (κ3) is 6.46. The molecule has 170 valence electrons. The maximum Gasteiger partial charge on any atom is 0.416 e. The minimum atomic E-state index is -4.31. The second-order valence-corrected chi connectivity index (χ2v) is 7.98. The molecule has 1 aliphatic rings. The van der Waals surface area contributed by atoms with Crippen LogP contribution in [0.5, 0.6) is 0 Å². The molecule has 1 aromatic carbocycles. The van der Waals surface area contributed by atoms with E-state index < -0.39 is 11.7 Å². The van der Waals surface area contributed by atoms with Crippen LogP contribution in [0.2, 0.25) is 0 Å². The van der Waals surface area contributed by atoms with Crippen LogP contribution in [0.4, 0.5) is 13.2 Å². The number of halogens is 3. The lowest BCUT2D eigenvalue weighted by atomic mass is 9.96. The Hall–Kier alpha value is -2.55. The van der Waals surface area contributed by atoms with Gasteiger partial charge < -0.3 is 14.7 Å². The summed E-state index contributed by atoms with van der Waals surface area (Å²) < 4.78 is 44.0. The molecule has 0 radical (unpaired) electrons. The number of piperazine rings is 1. The molecule has 1 N–H and O–H groups in total. The second kappa shape index (κ2) is 10.2. The van der Waals surface area contributed by atoms with Gasteiger partial charge in [-0.2, -0.15) is 13.2 Å². The predicted octanol–water partition coefficient (Wildman–Crippen LogP) is 3.89. The number of alkyl halides is 3. The molecule has 0 amide bonds. The van der Waals surface area contributed by atoms with Crippen molar-refractivity contribution >= 4 is 5.96 Å². The quantitative estimate of drug-likeness (QED) is 0.549. The average Bonchev–Trinajstić information content (AvgIpc) is 3.16. The first-order valence-corrected chi connectivity index (χ1v) is 10.5. The summed E-state index contributed by atoms with van der Waals surface area (Å²) in [6.07, 6.45) is -3.60. The number of nitrogens with one attached hydrogen (secondary N) is 1. The molecular formula is C22H30F3N5O. The zero-order chi connectivity index (χ0) is 22.4. The van der Waals surface area contributed by atoms with E-state index in [4.69, 9.17) is 4.52 Å². The minimum Gasteiger partial charge on any atom is -0.361 e. The average molecular weight is 438 g/mol. The Morgan fingerprint density at radius 1 is 1.23 bits per heavy atom. The van der Waals surface area contributed by atoms with Gasteiger partial charge in [-0.3, -0.25) is 9.89 Å². The van der Waals surface area contributed by atoms with Gasteiger partial charge in [0.1, 0.15) is 5.76 Å². The number of rotatable bonds is 6. The van der Waals surface area contributed by atoms with Crippen LogP contribution in [0.25, 0.3) is 0 Å². The third-order valence-corrected chi connectivity index (χ3v) is 5.59. The fourth-order valence-electron chi connectivity index (χ4n) is 3.76. The van der Waals surface area contributed by atoms with Crippen molar-refractivity contribution in [2.45, 2.75) is 38.9 Å². The molecule has 1 saturated heterocycles. The Morgan fingerprint density at radius 3 is 2.58 bits per heavy atom. The summed E-state index contributed by atoms with van der Waals surface area (Å²) >= 11 is 0. The summed E-state index contributed by atoms with van der Waals surface area (Å²) in [5.41, 5.74) is 1.04. The molecule has 1 fully saturated rings. The van der Waals surface area contributed by atoms with Gasteiger partial charge >= 0.3 is 6.18 Å². The van der Waals surface area contributed by atoms with E-state index in [1.54, 1.807) is 13.1 Å². The van der Waals surface area contributed by atoms with Crippen LogP contribution < -0.4 is 5.32 Å². The molecule has 0 aliphatic carbocycles. The van der Waals surface area contributed by atoms with E-state index in [-0.39, 0.29) is 5.92 Å². The van der Waals surface area contributed by atoms with Crippen molar-refractivity contribution in [3.8, 4) is 0 Å². The van der Waals surface area contributed by atoms with Crippen LogP contribution in [-0.4, -0.2) is 60.7 Å². The fraction of sp³-hybridized carbons (Fsp3) is 0.545. The number of aromatic nitrogens is 1. The van der Waals surface area contributed by atoms with Gasteiger partial charge in [0.05, 0.1) is 11.3 Å². The SMILES string of the molecule is CN=C(NCCC(C)c1cccc(C(F)(F)F)c1)N1CCN(Cc2cc(C)on2)CC1. The number of hydrogen-bond donors (Lipinski definition) is 1. The maximum absolute atomic E-state index is 12.9. The van der Waals surface area contributed by atoms with E-state index in [9.17, 15) is 13.2 Å². The van der Waals surface area contributed by atoms with Gasteiger partial charge in [-0.1, -0.05) is 30.3 Å². The first-order valence-electron chi connectivity index (χ1n) is 10.5. The lowest BCUT2D eigenvalue weighted by Crippen LogP contribution is -2.52. The van der Waals surface area contributed by atoms with Gasteiger partial charge in [0.2, 0.25) is 0 Å². The number of hydrogen-bond acceptors (Lipinski definition) is 4. The normalized spacial score (nSPS) is 17.1. The van der Waals surface area contributed by atoms with Gasteiger partial charge in [0.25, 0.3) is 0 Å². The molecule has 31 heavy (non-hydrogen) atoms. The number of aryl methyl sites for hydroxylation is 1. The molecular weight excluding hydrogens is 407 g/mol. The number of aliphatic imine (C=N–C) groups is 1. The lowest BCUT2D eigenvalue weighted by molar-refractivity contribution is -0.137. The third-order valence-electron chi connectivity index (χ3n) is 5.59. The predicted molar refractivity (Wildman–Crippen MR) is 114 cm³/mol. The van der Waals surface area contributed by atoms with E-state index in [1.807, 2.05) is 19.9 Å². The van der Waals surface area contributed by atoms with Crippen LogP contribution in [-0.2, 0) is 12.7 Å². The van der Waals surface area contributed by atoms with E-state index in [0.29, 0.717) is 18.5 Å². The monoisotopic (exact) mass is 437 g/mol. The molecule has 0 saturated carbocycles. The Morgan fingerprint density at radius 2 is 1.97 bits per heavy atom. The van der Waals surface area contributed by atoms with Crippen molar-refractivity contribution in [2.75, 3.05) is 39.8 Å². The molecule has 1 aromatic heterocycles. The zero-order valence-electron chi connectivity index (χ0n) is 18.2. The summed E-state index contributed by atoms with van der Waals surface area (Å²) in [7, 11) is 1.75. The molecule has 1 aliphatic heterocycles. The van der Waals surface area contributed by atoms with Crippen molar-refractivity contribution in [3.63, 3.8) is 0 Å². The highest BCUT2D eigenvalue weighted by molar-refractivity contribution is 5.80. The molecule has 0 bridgehead atoms. The maximum atomic E-state index is 12.9. The lowest BCUT2D eigenvalue weighted by Gasteiger charge is -2.36. The Balaban J connectivity index is 1.44. The van der Waals surface area contributed by atoms with Gasteiger partial charge in [-0.05, 0) is 30.9 Å². The summed E-state index contributed by atoms with van der Waals surface area (Å²) in [6.45, 7) is 8.73. The summed E-state index contributed by atoms with van der Waals surface area (Å²) in [6, 6.07) is 7.54. The van der Waals surface area contributed by atoms with Crippen LogP contribution in [0.15, 0.2) is 39.8 Å². The molecule has 3 rings (SSSR count). The molecule has 0 spiro atoms. The van der Waals surface area contributed by atoms with Gasteiger partial charge in [-0.15, -0.1) is 0 Å². The Kier molecular flexibility index (Phi) is 7.59. The smallest absolute Gasteiger partial charge is 0.361 e. The van der Waals surface area contributed by atoms with E-state index >= 15 is 0 Å². The molecule has 2 heterocycles. The minimum absolute atomic E-state index is 0.00988. The van der Waals surface area contributed by atoms with Crippen molar-refractivity contribution in [2.24, 2.45) is 4.99 Å². The number of guanidine groups is 1. The highest BCUT2D eigenvalue weighted by Gasteiger charge is 2.30. The second-order valence-electron chi connectivity index (χ2n) is 7.98. The largest absolute Gasteiger partial charge is 0.416 e. The van der Waals surface area contributed by atoms with Gasteiger partial charge in [0.15, 0.2) is 5.96 Å². The number of nitrogens with zero attached hydrogens (tertiary/aromatic N) is 4. The van der Waals surface area contributed by atoms with Crippen molar-refractivity contribution in [3.05, 3.63) is 52.9 Å². The first kappa shape index (κ1) is 23.1. The molecule has 6 nitrogen and oxygen atoms in total. The Bertz CT molecular complexity index is 872. The fourth-order valence-corrected chi connectivity index (χ4v) is 3.76. The molecule has 9 heteroatoms. The number of benzene rings is 1. The summed E-state index contributed by atoms with van der Waals surface area (Å²) in [5, 5.41) is 7.41.